The summed E-state index contributed by atoms with van der Waals surface area (Å²) in [5.41, 5.74) is 0.596. The molecule has 0 aliphatic heterocycles. The molecule has 2 aromatic rings. The van der Waals surface area contributed by atoms with E-state index in [1.165, 1.54) is 18.2 Å². The van der Waals surface area contributed by atoms with Crippen molar-refractivity contribution in [2.45, 2.75) is 20.0 Å². The van der Waals surface area contributed by atoms with Gasteiger partial charge < -0.3 is 10.6 Å². The minimum atomic E-state index is -4.43. The molecule has 0 aliphatic carbocycles. The summed E-state index contributed by atoms with van der Waals surface area (Å²) in [5.74, 6) is -0.743. The van der Waals surface area contributed by atoms with Crippen LogP contribution in [0.5, 0.6) is 0 Å². The smallest absolute Gasteiger partial charge is 0.326 e. The van der Waals surface area contributed by atoms with Gasteiger partial charge in [0.05, 0.1) is 5.56 Å². The Morgan fingerprint density at radius 3 is 2.11 bits per heavy atom. The monoisotopic (exact) mass is 376 g/mol. The highest BCUT2D eigenvalue weighted by atomic mass is 19.4. The van der Waals surface area contributed by atoms with Gasteiger partial charge >= 0.3 is 6.18 Å². The molecule has 0 saturated carbocycles. The summed E-state index contributed by atoms with van der Waals surface area (Å²) < 4.78 is 38.0. The van der Waals surface area contributed by atoms with Crippen molar-refractivity contribution in [3.8, 4) is 0 Å². The van der Waals surface area contributed by atoms with Crippen LogP contribution in [0, 0.1) is 5.92 Å². The SMILES string of the molecule is CC(C)C(=O)Nc1ccc(NC(=O)/C=C/c2cccc(C(F)(F)F)c2)cc1. The van der Waals surface area contributed by atoms with E-state index in [9.17, 15) is 22.8 Å². The Morgan fingerprint density at radius 2 is 1.56 bits per heavy atom. The van der Waals surface area contributed by atoms with Crippen LogP contribution in [0.2, 0.25) is 0 Å². The summed E-state index contributed by atoms with van der Waals surface area (Å²) >= 11 is 0. The van der Waals surface area contributed by atoms with E-state index in [4.69, 9.17) is 0 Å². The van der Waals surface area contributed by atoms with Crippen LogP contribution in [0.25, 0.3) is 6.08 Å². The summed E-state index contributed by atoms with van der Waals surface area (Å²) in [4.78, 5) is 23.6. The molecule has 0 heterocycles. The van der Waals surface area contributed by atoms with Gasteiger partial charge in [-0.25, -0.2) is 0 Å². The molecule has 0 bridgehead atoms. The van der Waals surface area contributed by atoms with Crippen molar-refractivity contribution in [1.82, 2.24) is 0 Å². The fraction of sp³-hybridized carbons (Fsp3) is 0.200. The second-order valence-corrected chi connectivity index (χ2v) is 6.17. The second-order valence-electron chi connectivity index (χ2n) is 6.17. The fourth-order valence-corrected chi connectivity index (χ4v) is 2.10. The van der Waals surface area contributed by atoms with Gasteiger partial charge in [0, 0.05) is 23.4 Å². The molecule has 0 radical (unpaired) electrons. The van der Waals surface area contributed by atoms with Gasteiger partial charge in [-0.1, -0.05) is 26.0 Å². The van der Waals surface area contributed by atoms with E-state index in [1.807, 2.05) is 0 Å². The van der Waals surface area contributed by atoms with Gasteiger partial charge in [-0.05, 0) is 48.0 Å². The van der Waals surface area contributed by atoms with Crippen LogP contribution in [0.3, 0.4) is 0 Å². The van der Waals surface area contributed by atoms with Crippen molar-refractivity contribution in [3.63, 3.8) is 0 Å². The van der Waals surface area contributed by atoms with Gasteiger partial charge in [0.15, 0.2) is 0 Å². The van der Waals surface area contributed by atoms with Crippen molar-refractivity contribution in [3.05, 3.63) is 65.7 Å². The summed E-state index contributed by atoms with van der Waals surface area (Å²) in [6, 6.07) is 11.2. The van der Waals surface area contributed by atoms with E-state index < -0.39 is 17.6 Å². The maximum absolute atomic E-state index is 12.7. The Bertz CT molecular complexity index is 841. The number of benzene rings is 2. The zero-order valence-electron chi connectivity index (χ0n) is 14.8. The highest BCUT2D eigenvalue weighted by molar-refractivity contribution is 6.02. The Morgan fingerprint density at radius 1 is 0.963 bits per heavy atom. The average Bonchev–Trinajstić information content (AvgIpc) is 2.61. The summed E-state index contributed by atoms with van der Waals surface area (Å²) in [7, 11) is 0. The van der Waals surface area contributed by atoms with Crippen molar-refractivity contribution < 1.29 is 22.8 Å². The zero-order valence-corrected chi connectivity index (χ0v) is 14.8. The molecule has 2 rings (SSSR count). The molecule has 27 heavy (non-hydrogen) atoms. The second kappa shape index (κ2) is 8.53. The zero-order chi connectivity index (χ0) is 20.0. The van der Waals surface area contributed by atoms with Gasteiger partial charge in [-0.15, -0.1) is 0 Å². The minimum Gasteiger partial charge on any atom is -0.326 e. The lowest BCUT2D eigenvalue weighted by molar-refractivity contribution is -0.137. The van der Waals surface area contributed by atoms with Gasteiger partial charge in [-0.3, -0.25) is 9.59 Å². The van der Waals surface area contributed by atoms with Crippen molar-refractivity contribution >= 4 is 29.3 Å². The van der Waals surface area contributed by atoms with E-state index in [2.05, 4.69) is 10.6 Å². The molecule has 0 aromatic heterocycles. The number of hydrogen-bond donors (Lipinski definition) is 2. The number of carbonyl (C=O) groups excluding carboxylic acids is 2. The van der Waals surface area contributed by atoms with Crippen LogP contribution >= 0.6 is 0 Å². The van der Waals surface area contributed by atoms with E-state index in [0.717, 1.165) is 18.2 Å². The predicted octanol–water partition coefficient (Wildman–Crippen LogP) is 4.95. The highest BCUT2D eigenvalue weighted by Crippen LogP contribution is 2.29. The predicted molar refractivity (Wildman–Crippen MR) is 99.0 cm³/mol. The minimum absolute atomic E-state index is 0.115. The van der Waals surface area contributed by atoms with Crippen LogP contribution in [0.1, 0.15) is 25.0 Å². The lowest BCUT2D eigenvalue weighted by atomic mass is 10.1. The van der Waals surface area contributed by atoms with E-state index in [-0.39, 0.29) is 17.4 Å². The Hall–Kier alpha value is -3.09. The first-order chi connectivity index (χ1) is 12.6. The average molecular weight is 376 g/mol. The number of anilines is 2. The molecule has 2 amide bonds. The molecule has 142 valence electrons. The van der Waals surface area contributed by atoms with Crippen molar-refractivity contribution in [2.24, 2.45) is 5.92 Å². The quantitative estimate of drug-likeness (QED) is 0.726. The number of amides is 2. The first-order valence-corrected chi connectivity index (χ1v) is 8.22. The van der Waals surface area contributed by atoms with Crippen LogP contribution in [0.4, 0.5) is 24.5 Å². The number of rotatable bonds is 5. The van der Waals surface area contributed by atoms with Gasteiger partial charge in [0.25, 0.3) is 0 Å². The Labute approximate surface area is 155 Å². The fourth-order valence-electron chi connectivity index (χ4n) is 2.10. The third kappa shape index (κ3) is 6.29. The summed E-state index contributed by atoms with van der Waals surface area (Å²) in [5, 5.41) is 5.33. The molecular formula is C20H19F3N2O2. The maximum Gasteiger partial charge on any atom is 0.416 e. The Balaban J connectivity index is 1.97. The number of hydrogen-bond acceptors (Lipinski definition) is 2. The molecule has 0 atom stereocenters. The van der Waals surface area contributed by atoms with Crippen molar-refractivity contribution in [2.75, 3.05) is 10.6 Å². The molecule has 2 aromatic carbocycles. The molecule has 0 unspecified atom stereocenters. The molecule has 4 nitrogen and oxygen atoms in total. The molecule has 0 saturated heterocycles. The number of nitrogens with one attached hydrogen (secondary N) is 2. The third-order valence-electron chi connectivity index (χ3n) is 3.59. The van der Waals surface area contributed by atoms with Gasteiger partial charge in [0.2, 0.25) is 11.8 Å². The van der Waals surface area contributed by atoms with Crippen LogP contribution in [-0.4, -0.2) is 11.8 Å². The first-order valence-electron chi connectivity index (χ1n) is 8.22. The van der Waals surface area contributed by atoms with E-state index in [0.29, 0.717) is 11.4 Å². The molecule has 0 spiro atoms. The van der Waals surface area contributed by atoms with E-state index in [1.54, 1.807) is 38.1 Å². The van der Waals surface area contributed by atoms with Crippen LogP contribution in [-0.2, 0) is 15.8 Å². The largest absolute Gasteiger partial charge is 0.416 e. The lowest BCUT2D eigenvalue weighted by Crippen LogP contribution is -2.17. The number of carbonyl (C=O) groups is 2. The maximum atomic E-state index is 12.7. The number of alkyl halides is 3. The topological polar surface area (TPSA) is 58.2 Å². The summed E-state index contributed by atoms with van der Waals surface area (Å²) in [6.45, 7) is 3.56. The molecular weight excluding hydrogens is 357 g/mol. The van der Waals surface area contributed by atoms with E-state index >= 15 is 0 Å². The summed E-state index contributed by atoms with van der Waals surface area (Å²) in [6.07, 6.45) is -1.97. The van der Waals surface area contributed by atoms with Crippen molar-refractivity contribution in [1.29, 1.82) is 0 Å². The van der Waals surface area contributed by atoms with Crippen LogP contribution in [0.15, 0.2) is 54.6 Å². The van der Waals surface area contributed by atoms with Crippen LogP contribution < -0.4 is 10.6 Å². The highest BCUT2D eigenvalue weighted by Gasteiger charge is 2.30. The van der Waals surface area contributed by atoms with Gasteiger partial charge in [0.1, 0.15) is 0 Å². The lowest BCUT2D eigenvalue weighted by Gasteiger charge is -2.09. The van der Waals surface area contributed by atoms with Gasteiger partial charge in [-0.2, -0.15) is 13.2 Å². The number of halogens is 3. The Kier molecular flexibility index (Phi) is 6.39. The molecule has 0 aliphatic rings. The molecule has 2 N–H and O–H groups in total. The molecule has 0 fully saturated rings. The standard InChI is InChI=1S/C20H19F3N2O2/c1-13(2)19(27)25-17-9-7-16(8-10-17)24-18(26)11-6-14-4-3-5-15(12-14)20(21,22)23/h3-13H,1-2H3,(H,24,26)(H,25,27)/b11-6+. The third-order valence-corrected chi connectivity index (χ3v) is 3.59. The first kappa shape index (κ1) is 20.2. The normalized spacial score (nSPS) is 11.6. The molecule has 7 heteroatoms.